The molecule has 1 unspecified atom stereocenters. The molecule has 0 bridgehead atoms. The quantitative estimate of drug-likeness (QED) is 0.101. The van der Waals surface area contributed by atoms with E-state index in [9.17, 15) is 0 Å². The Kier molecular flexibility index (Phi) is 12.1. The number of benzene rings is 4. The summed E-state index contributed by atoms with van der Waals surface area (Å²) in [5.74, 6) is 0. The van der Waals surface area contributed by atoms with E-state index in [0.717, 1.165) is 0 Å². The molecule has 0 aromatic heterocycles. The Labute approximate surface area is 265 Å². The Hall–Kier alpha value is -3.08. The molecule has 0 aliphatic heterocycles. The molecule has 6 aromatic carbocycles. The van der Waals surface area contributed by atoms with Crippen LogP contribution in [-0.2, 0) is 17.1 Å². The van der Waals surface area contributed by atoms with E-state index in [1.54, 1.807) is 0 Å². The van der Waals surface area contributed by atoms with Gasteiger partial charge in [-0.3, -0.25) is 0 Å². The van der Waals surface area contributed by atoms with E-state index in [4.69, 9.17) is 0 Å². The van der Waals surface area contributed by atoms with Crippen LogP contribution in [0.1, 0.15) is 18.5 Å². The average Bonchev–Trinajstić information content (AvgIpc) is 3.73. The van der Waals surface area contributed by atoms with Crippen LogP contribution in [0.15, 0.2) is 164 Å². The van der Waals surface area contributed by atoms with E-state index in [1.165, 1.54) is 37.4 Å². The summed E-state index contributed by atoms with van der Waals surface area (Å²) in [5, 5.41) is 8.52. The van der Waals surface area contributed by atoms with Gasteiger partial charge in [-0.25, -0.2) is 24.3 Å². The maximum absolute atomic E-state index is 2.31. The molecule has 1 atom stereocenters. The molecule has 6 rings (SSSR count). The third-order valence-corrected chi connectivity index (χ3v) is 12.2. The van der Waals surface area contributed by atoms with Crippen LogP contribution in [0.5, 0.6) is 0 Å². The molecule has 42 heavy (non-hydrogen) atoms. The van der Waals surface area contributed by atoms with Crippen LogP contribution in [-0.4, -0.2) is 19.0 Å². The Morgan fingerprint density at radius 2 is 0.905 bits per heavy atom. The van der Waals surface area contributed by atoms with Crippen LogP contribution in [0.2, 0.25) is 0 Å². The first-order chi connectivity index (χ1) is 20.1. The average molecular weight is 626 g/mol. The van der Waals surface area contributed by atoms with Crippen LogP contribution in [0.25, 0.3) is 0 Å². The molecule has 0 saturated heterocycles. The molecular weight excluding hydrogens is 588 g/mol. The van der Waals surface area contributed by atoms with Gasteiger partial charge in [-0.15, -0.1) is 16.2 Å². The second kappa shape index (κ2) is 16.0. The van der Waals surface area contributed by atoms with E-state index in [2.05, 4.69) is 190 Å². The minimum Gasteiger partial charge on any atom is -0.314 e. The first-order valence-electron chi connectivity index (χ1n) is 14.1. The maximum atomic E-state index is 2.31. The minimum absolute atomic E-state index is 0. The summed E-state index contributed by atoms with van der Waals surface area (Å²) < 4.78 is 0. The van der Waals surface area contributed by atoms with Gasteiger partial charge in [0.15, 0.2) is 0 Å². The summed E-state index contributed by atoms with van der Waals surface area (Å²) in [4.78, 5) is 2.28. The SMILES string of the molecule is CC([c-]1cccc1P(c1ccccc1)c1ccccc1)N(C)C.[Fe].c1ccc(P(c2ccccc2)[c-]2cccc2)cc1. The largest absolute Gasteiger partial charge is 0.314 e. The van der Waals surface area contributed by atoms with Gasteiger partial charge >= 0.3 is 0 Å². The molecule has 0 aliphatic rings. The van der Waals surface area contributed by atoms with Gasteiger partial charge in [0.25, 0.3) is 0 Å². The van der Waals surface area contributed by atoms with E-state index in [0.29, 0.717) is 6.04 Å². The van der Waals surface area contributed by atoms with Gasteiger partial charge in [0.2, 0.25) is 0 Å². The van der Waals surface area contributed by atoms with Crippen molar-refractivity contribution in [3.05, 3.63) is 169 Å². The fourth-order valence-electron chi connectivity index (χ4n) is 4.96. The van der Waals surface area contributed by atoms with E-state index < -0.39 is 15.8 Å². The monoisotopic (exact) mass is 625 g/mol. The van der Waals surface area contributed by atoms with E-state index in [1.807, 2.05) is 0 Å². The standard InChI is InChI=1S/C21H23NP.C17H14P.Fe/c1-17(22(2)3)20-15-10-16-21(20)23(18-11-6-4-7-12-18)19-13-8-5-9-14-19;1-3-9-15(10-4-1)18(17-13-7-8-14-17)16-11-5-2-6-12-16;/h4-17H,1-3H3;1-14H;/q2*-1;. The topological polar surface area (TPSA) is 3.24 Å². The zero-order valence-corrected chi connectivity index (χ0v) is 27.3. The molecule has 0 fully saturated rings. The Bertz CT molecular complexity index is 1490. The molecule has 0 amide bonds. The van der Waals surface area contributed by atoms with E-state index >= 15 is 0 Å². The van der Waals surface area contributed by atoms with Crippen LogP contribution < -0.4 is 31.8 Å². The first kappa shape index (κ1) is 31.8. The van der Waals surface area contributed by atoms with Crippen molar-refractivity contribution in [2.24, 2.45) is 0 Å². The zero-order valence-electron chi connectivity index (χ0n) is 24.4. The van der Waals surface area contributed by atoms with Crippen LogP contribution in [0.4, 0.5) is 0 Å². The molecule has 0 N–H and O–H groups in total. The predicted molar refractivity (Wildman–Crippen MR) is 184 cm³/mol. The van der Waals surface area contributed by atoms with Gasteiger partial charge in [0.1, 0.15) is 0 Å². The van der Waals surface area contributed by atoms with Crippen molar-refractivity contribution in [1.82, 2.24) is 4.90 Å². The third kappa shape index (κ3) is 7.85. The van der Waals surface area contributed by atoms with Gasteiger partial charge < -0.3 is 4.90 Å². The summed E-state index contributed by atoms with van der Waals surface area (Å²) in [6.45, 7) is 2.28. The summed E-state index contributed by atoms with van der Waals surface area (Å²) >= 11 is 0. The Morgan fingerprint density at radius 1 is 0.500 bits per heavy atom. The van der Waals surface area contributed by atoms with Gasteiger partial charge in [0.05, 0.1) is 0 Å². The fraction of sp³-hybridized carbons (Fsp3) is 0.105. The molecule has 0 radical (unpaired) electrons. The van der Waals surface area contributed by atoms with Crippen molar-refractivity contribution < 1.29 is 17.1 Å². The van der Waals surface area contributed by atoms with Gasteiger partial charge in [-0.05, 0) is 49.3 Å². The maximum Gasteiger partial charge on any atom is 0 e. The zero-order chi connectivity index (χ0) is 28.4. The predicted octanol–water partition coefficient (Wildman–Crippen LogP) is 6.95. The normalized spacial score (nSPS) is 11.6. The Balaban J connectivity index is 0.000000193. The number of hydrogen-bond acceptors (Lipinski definition) is 1. The molecule has 0 spiro atoms. The molecule has 214 valence electrons. The molecule has 6 aromatic rings. The van der Waals surface area contributed by atoms with Crippen molar-refractivity contribution in [2.75, 3.05) is 14.1 Å². The summed E-state index contributed by atoms with van der Waals surface area (Å²) in [5.41, 5.74) is 1.44. The smallest absolute Gasteiger partial charge is 0 e. The van der Waals surface area contributed by atoms with Crippen molar-refractivity contribution in [3.63, 3.8) is 0 Å². The molecule has 4 heteroatoms. The second-order valence-electron chi connectivity index (χ2n) is 10.2. The number of nitrogens with zero attached hydrogens (tertiary/aromatic N) is 1. The van der Waals surface area contributed by atoms with Gasteiger partial charge in [0, 0.05) is 17.1 Å². The van der Waals surface area contributed by atoms with Gasteiger partial charge in [-0.1, -0.05) is 136 Å². The second-order valence-corrected chi connectivity index (χ2v) is 14.6. The number of rotatable bonds is 8. The van der Waals surface area contributed by atoms with Crippen molar-refractivity contribution in [2.45, 2.75) is 13.0 Å². The summed E-state index contributed by atoms with van der Waals surface area (Å²) in [6.07, 6.45) is 0. The number of hydrogen-bond donors (Lipinski definition) is 0. The van der Waals surface area contributed by atoms with E-state index in [-0.39, 0.29) is 17.1 Å². The van der Waals surface area contributed by atoms with Crippen molar-refractivity contribution >= 4 is 47.7 Å². The third-order valence-electron chi connectivity index (χ3n) is 7.25. The van der Waals surface area contributed by atoms with Crippen LogP contribution >= 0.6 is 15.8 Å². The Morgan fingerprint density at radius 3 is 1.31 bits per heavy atom. The minimum atomic E-state index is -0.514. The fourth-order valence-corrected chi connectivity index (χ4v) is 9.81. The van der Waals surface area contributed by atoms with Crippen LogP contribution in [0.3, 0.4) is 0 Å². The first-order valence-corrected chi connectivity index (χ1v) is 16.8. The molecule has 1 nitrogen and oxygen atoms in total. The van der Waals surface area contributed by atoms with Crippen LogP contribution in [0, 0.1) is 0 Å². The summed E-state index contributed by atoms with van der Waals surface area (Å²) in [6, 6.07) is 59.3. The van der Waals surface area contributed by atoms with Crippen molar-refractivity contribution in [3.8, 4) is 0 Å². The van der Waals surface area contributed by atoms with Crippen molar-refractivity contribution in [1.29, 1.82) is 0 Å². The molecular formula is C38H37FeNP2-2. The molecule has 0 saturated carbocycles. The molecule has 0 heterocycles. The molecule has 0 aliphatic carbocycles. The van der Waals surface area contributed by atoms with Gasteiger partial charge in [-0.2, -0.15) is 18.2 Å². The summed E-state index contributed by atoms with van der Waals surface area (Å²) in [7, 11) is 3.37.